The van der Waals surface area contributed by atoms with Gasteiger partial charge in [-0.25, -0.2) is 4.98 Å². The Hall–Kier alpha value is -1.92. The number of aromatic nitrogens is 3. The number of aryl methyl sites for hydroxylation is 2. The molecule has 0 amide bonds. The zero-order valence-electron chi connectivity index (χ0n) is 12.5. The highest BCUT2D eigenvalue weighted by Gasteiger charge is 2.06. The van der Waals surface area contributed by atoms with Crippen LogP contribution in [0.3, 0.4) is 0 Å². The molecular weight excluding hydrogens is 268 g/mol. The number of ether oxygens (including phenoxy) is 1. The largest absolute Gasteiger partial charge is 0.491 e. The van der Waals surface area contributed by atoms with E-state index in [1.165, 1.54) is 0 Å². The Balaban J connectivity index is 1.61. The van der Waals surface area contributed by atoms with E-state index in [-0.39, 0.29) is 6.61 Å². The number of aliphatic hydroxyl groups is 1. The van der Waals surface area contributed by atoms with Crippen molar-refractivity contribution >= 4 is 0 Å². The molecule has 0 aliphatic carbocycles. The van der Waals surface area contributed by atoms with Crippen molar-refractivity contribution in [1.82, 2.24) is 20.1 Å². The standard InChI is InChI=1S/C15H22N4O2/c1-12-5-3-4-6-14(12)21-10-13(20)9-16-8-7-15-17-11-19(2)18-15/h3-6,11,13,16,20H,7-10H2,1-2H3. The van der Waals surface area contributed by atoms with Gasteiger partial charge in [0.25, 0.3) is 0 Å². The maximum Gasteiger partial charge on any atom is 0.151 e. The van der Waals surface area contributed by atoms with Crippen LogP contribution in [-0.2, 0) is 13.5 Å². The van der Waals surface area contributed by atoms with Gasteiger partial charge in [-0.2, -0.15) is 5.10 Å². The third kappa shape index (κ3) is 5.17. The molecule has 0 radical (unpaired) electrons. The molecule has 6 nitrogen and oxygen atoms in total. The first-order valence-electron chi connectivity index (χ1n) is 7.07. The van der Waals surface area contributed by atoms with Gasteiger partial charge in [-0.15, -0.1) is 0 Å². The monoisotopic (exact) mass is 290 g/mol. The van der Waals surface area contributed by atoms with Gasteiger partial charge >= 0.3 is 0 Å². The molecule has 1 aromatic heterocycles. The number of nitrogens with one attached hydrogen (secondary N) is 1. The Morgan fingerprint density at radius 3 is 2.90 bits per heavy atom. The molecule has 0 aliphatic rings. The van der Waals surface area contributed by atoms with Crippen molar-refractivity contribution in [2.24, 2.45) is 7.05 Å². The second-order valence-electron chi connectivity index (χ2n) is 5.02. The Kier molecular flexibility index (Phi) is 5.71. The summed E-state index contributed by atoms with van der Waals surface area (Å²) in [7, 11) is 1.84. The van der Waals surface area contributed by atoms with Gasteiger partial charge in [0.05, 0.1) is 0 Å². The molecule has 2 aromatic rings. The Morgan fingerprint density at radius 2 is 2.19 bits per heavy atom. The summed E-state index contributed by atoms with van der Waals surface area (Å²) in [4.78, 5) is 4.14. The first-order valence-corrected chi connectivity index (χ1v) is 7.07. The highest BCUT2D eigenvalue weighted by Crippen LogP contribution is 2.16. The first-order chi connectivity index (χ1) is 10.1. The van der Waals surface area contributed by atoms with Gasteiger partial charge in [0.15, 0.2) is 5.82 Å². The van der Waals surface area contributed by atoms with Gasteiger partial charge in [-0.1, -0.05) is 18.2 Å². The van der Waals surface area contributed by atoms with Crippen LogP contribution in [0, 0.1) is 6.92 Å². The minimum Gasteiger partial charge on any atom is -0.491 e. The maximum absolute atomic E-state index is 9.88. The van der Waals surface area contributed by atoms with Crippen LogP contribution in [0.4, 0.5) is 0 Å². The molecule has 21 heavy (non-hydrogen) atoms. The molecule has 1 unspecified atom stereocenters. The lowest BCUT2D eigenvalue weighted by Crippen LogP contribution is -2.32. The van der Waals surface area contributed by atoms with Crippen LogP contribution in [0.15, 0.2) is 30.6 Å². The summed E-state index contributed by atoms with van der Waals surface area (Å²) in [6, 6.07) is 7.78. The maximum atomic E-state index is 9.88. The predicted octanol–water partition coefficient (Wildman–Crippen LogP) is 0.696. The highest BCUT2D eigenvalue weighted by atomic mass is 16.5. The summed E-state index contributed by atoms with van der Waals surface area (Å²) >= 11 is 0. The summed E-state index contributed by atoms with van der Waals surface area (Å²) in [6.07, 6.45) is 1.88. The minimum atomic E-state index is -0.540. The van der Waals surface area contributed by atoms with E-state index in [9.17, 15) is 5.11 Å². The lowest BCUT2D eigenvalue weighted by Gasteiger charge is -2.14. The molecule has 0 bridgehead atoms. The molecule has 1 heterocycles. The van der Waals surface area contributed by atoms with E-state index < -0.39 is 6.10 Å². The zero-order chi connectivity index (χ0) is 15.1. The van der Waals surface area contributed by atoms with Crippen molar-refractivity contribution in [2.75, 3.05) is 19.7 Å². The molecule has 0 saturated heterocycles. The molecular formula is C15H22N4O2. The van der Waals surface area contributed by atoms with Crippen LogP contribution in [0.5, 0.6) is 5.75 Å². The smallest absolute Gasteiger partial charge is 0.151 e. The van der Waals surface area contributed by atoms with Gasteiger partial charge in [0, 0.05) is 26.6 Å². The molecule has 1 aromatic carbocycles. The molecule has 1 atom stereocenters. The van der Waals surface area contributed by atoms with E-state index in [0.29, 0.717) is 6.54 Å². The number of hydrogen-bond acceptors (Lipinski definition) is 5. The van der Waals surface area contributed by atoms with Gasteiger partial charge in [-0.3, -0.25) is 4.68 Å². The van der Waals surface area contributed by atoms with Crippen LogP contribution in [-0.4, -0.2) is 45.7 Å². The number of para-hydroxylation sites is 1. The van der Waals surface area contributed by atoms with Crippen LogP contribution in [0.25, 0.3) is 0 Å². The van der Waals surface area contributed by atoms with Gasteiger partial charge < -0.3 is 15.2 Å². The Bertz CT molecular complexity index is 556. The van der Waals surface area contributed by atoms with E-state index in [1.54, 1.807) is 11.0 Å². The highest BCUT2D eigenvalue weighted by molar-refractivity contribution is 5.31. The van der Waals surface area contributed by atoms with Crippen molar-refractivity contribution in [3.63, 3.8) is 0 Å². The predicted molar refractivity (Wildman–Crippen MR) is 80.3 cm³/mol. The minimum absolute atomic E-state index is 0.277. The van der Waals surface area contributed by atoms with E-state index in [1.807, 2.05) is 38.2 Å². The van der Waals surface area contributed by atoms with Crippen molar-refractivity contribution in [2.45, 2.75) is 19.4 Å². The van der Waals surface area contributed by atoms with Crippen molar-refractivity contribution < 1.29 is 9.84 Å². The molecule has 6 heteroatoms. The molecule has 0 saturated carbocycles. The second-order valence-corrected chi connectivity index (χ2v) is 5.02. The van der Waals surface area contributed by atoms with E-state index in [4.69, 9.17) is 4.74 Å². The molecule has 0 fully saturated rings. The number of benzene rings is 1. The summed E-state index contributed by atoms with van der Waals surface area (Å²) in [6.45, 7) is 3.48. The third-order valence-corrected chi connectivity index (χ3v) is 3.08. The Labute approximate surface area is 124 Å². The summed E-state index contributed by atoms with van der Waals surface area (Å²) in [5.41, 5.74) is 1.07. The molecule has 0 spiro atoms. The number of rotatable bonds is 8. The van der Waals surface area contributed by atoms with Crippen LogP contribution >= 0.6 is 0 Å². The van der Waals surface area contributed by atoms with Crippen molar-refractivity contribution in [3.8, 4) is 5.75 Å². The van der Waals surface area contributed by atoms with Crippen molar-refractivity contribution in [3.05, 3.63) is 42.0 Å². The summed E-state index contributed by atoms with van der Waals surface area (Å²) in [5.74, 6) is 1.62. The number of aliphatic hydroxyl groups excluding tert-OH is 1. The van der Waals surface area contributed by atoms with Crippen molar-refractivity contribution in [1.29, 1.82) is 0 Å². The first kappa shape index (κ1) is 15.5. The van der Waals surface area contributed by atoms with E-state index >= 15 is 0 Å². The lowest BCUT2D eigenvalue weighted by molar-refractivity contribution is 0.106. The van der Waals surface area contributed by atoms with Crippen LogP contribution < -0.4 is 10.1 Å². The average molecular weight is 290 g/mol. The molecule has 114 valence electrons. The van der Waals surface area contributed by atoms with Crippen LogP contribution in [0.1, 0.15) is 11.4 Å². The fourth-order valence-corrected chi connectivity index (χ4v) is 1.93. The fourth-order valence-electron chi connectivity index (χ4n) is 1.93. The molecule has 0 aliphatic heterocycles. The number of nitrogens with zero attached hydrogens (tertiary/aromatic N) is 3. The van der Waals surface area contributed by atoms with Crippen LogP contribution in [0.2, 0.25) is 0 Å². The second kappa shape index (κ2) is 7.75. The summed E-state index contributed by atoms with van der Waals surface area (Å²) in [5, 5.41) is 17.2. The molecule has 2 N–H and O–H groups in total. The van der Waals surface area contributed by atoms with E-state index in [2.05, 4.69) is 15.4 Å². The topological polar surface area (TPSA) is 72.2 Å². The van der Waals surface area contributed by atoms with Gasteiger partial charge in [-0.05, 0) is 18.6 Å². The normalized spacial score (nSPS) is 12.3. The quantitative estimate of drug-likeness (QED) is 0.700. The number of hydrogen-bond donors (Lipinski definition) is 2. The third-order valence-electron chi connectivity index (χ3n) is 3.08. The zero-order valence-corrected chi connectivity index (χ0v) is 12.5. The van der Waals surface area contributed by atoms with Gasteiger partial charge in [0.1, 0.15) is 24.8 Å². The molecule has 2 rings (SSSR count). The Morgan fingerprint density at radius 1 is 1.38 bits per heavy atom. The SMILES string of the molecule is Cc1ccccc1OCC(O)CNCCc1ncn(C)n1. The summed E-state index contributed by atoms with van der Waals surface area (Å²) < 4.78 is 7.28. The van der Waals surface area contributed by atoms with E-state index in [0.717, 1.165) is 30.1 Å². The van der Waals surface area contributed by atoms with Gasteiger partial charge in [0.2, 0.25) is 0 Å². The lowest BCUT2D eigenvalue weighted by atomic mass is 10.2. The fraction of sp³-hybridized carbons (Fsp3) is 0.467. The average Bonchev–Trinajstić information content (AvgIpc) is 2.88.